The number of rotatable bonds is 6. The maximum Gasteiger partial charge on any atom is 0.244 e. The molecule has 0 unspecified atom stereocenters. The first-order chi connectivity index (χ1) is 14.0. The molecule has 0 radical (unpaired) electrons. The van der Waals surface area contributed by atoms with Crippen molar-refractivity contribution < 1.29 is 17.9 Å². The van der Waals surface area contributed by atoms with Gasteiger partial charge < -0.3 is 14.6 Å². The molecule has 1 aliphatic heterocycles. The van der Waals surface area contributed by atoms with Crippen molar-refractivity contribution >= 4 is 38.7 Å². The maximum atomic E-state index is 12.7. The fourth-order valence-corrected chi connectivity index (χ4v) is 5.29. The number of carbonyl (C=O) groups is 1. The number of benzene rings is 2. The third-order valence-electron chi connectivity index (χ3n) is 4.68. The van der Waals surface area contributed by atoms with E-state index in [0.717, 1.165) is 16.8 Å². The number of H-pyrrole nitrogens is 1. The molecule has 2 aromatic carbocycles. The lowest BCUT2D eigenvalue weighted by Gasteiger charge is -2.18. The molecule has 1 aliphatic rings. The second-order valence-electron chi connectivity index (χ2n) is 6.51. The van der Waals surface area contributed by atoms with E-state index in [1.165, 1.54) is 16.1 Å². The molecule has 0 aliphatic carbocycles. The monoisotopic (exact) mass is 432 g/mol. The molecule has 1 aromatic heterocycles. The number of methoxy groups -OCH3 is 1. The molecule has 1 N–H and O–H groups in total. The van der Waals surface area contributed by atoms with Gasteiger partial charge >= 0.3 is 0 Å². The molecule has 2 heterocycles. The standard InChI is InChI=1S/C19H20N4O4S2/c1-27-14-7-8-16-17(11-14)21-19(20-16)28-12-18(24)22-9-10-23(13-22)29(25,26)15-5-3-2-4-6-15/h2-8,11H,9-10,12-13H2,1H3,(H,20,21). The Labute approximate surface area is 172 Å². The number of sulfonamides is 1. The first-order valence-corrected chi connectivity index (χ1v) is 11.4. The molecule has 10 heteroatoms. The van der Waals surface area contributed by atoms with Gasteiger partial charge in [0, 0.05) is 19.2 Å². The lowest BCUT2D eigenvalue weighted by atomic mass is 10.3. The topological polar surface area (TPSA) is 95.6 Å². The zero-order valence-electron chi connectivity index (χ0n) is 15.7. The molecular weight excluding hydrogens is 412 g/mol. The number of amides is 1. The van der Waals surface area contributed by atoms with Gasteiger partial charge in [-0.1, -0.05) is 30.0 Å². The Kier molecular flexibility index (Phi) is 5.48. The predicted molar refractivity (Wildman–Crippen MR) is 110 cm³/mol. The highest BCUT2D eigenvalue weighted by Crippen LogP contribution is 2.24. The fourth-order valence-electron chi connectivity index (χ4n) is 3.09. The number of nitrogens with zero attached hydrogens (tertiary/aromatic N) is 3. The van der Waals surface area contributed by atoms with Crippen molar-refractivity contribution in [2.75, 3.05) is 32.6 Å². The first-order valence-electron chi connectivity index (χ1n) is 8.97. The van der Waals surface area contributed by atoms with Gasteiger partial charge in [0.25, 0.3) is 0 Å². The van der Waals surface area contributed by atoms with E-state index < -0.39 is 10.0 Å². The van der Waals surface area contributed by atoms with Crippen LogP contribution in [0.3, 0.4) is 0 Å². The number of thioether (sulfide) groups is 1. The zero-order valence-corrected chi connectivity index (χ0v) is 17.4. The molecule has 1 fully saturated rings. The van der Waals surface area contributed by atoms with Crippen LogP contribution < -0.4 is 4.74 Å². The van der Waals surface area contributed by atoms with Gasteiger partial charge in [0.05, 0.1) is 35.5 Å². The molecule has 0 spiro atoms. The molecule has 0 bridgehead atoms. The van der Waals surface area contributed by atoms with Crippen molar-refractivity contribution in [3.05, 3.63) is 48.5 Å². The van der Waals surface area contributed by atoms with Gasteiger partial charge in [-0.25, -0.2) is 13.4 Å². The van der Waals surface area contributed by atoms with Crippen LogP contribution in [0.2, 0.25) is 0 Å². The van der Waals surface area contributed by atoms with Crippen molar-refractivity contribution in [1.82, 2.24) is 19.2 Å². The first kappa shape index (κ1) is 19.7. The van der Waals surface area contributed by atoms with E-state index in [2.05, 4.69) is 9.97 Å². The van der Waals surface area contributed by atoms with Crippen molar-refractivity contribution in [2.24, 2.45) is 0 Å². The number of aromatic amines is 1. The molecule has 1 amide bonds. The van der Waals surface area contributed by atoms with Crippen LogP contribution in [-0.2, 0) is 14.8 Å². The van der Waals surface area contributed by atoms with Crippen molar-refractivity contribution in [3.8, 4) is 5.75 Å². The van der Waals surface area contributed by atoms with E-state index in [4.69, 9.17) is 4.74 Å². The van der Waals surface area contributed by atoms with E-state index in [1.807, 2.05) is 18.2 Å². The molecule has 0 saturated carbocycles. The van der Waals surface area contributed by atoms with Crippen LogP contribution in [0.15, 0.2) is 58.6 Å². The number of ether oxygens (including phenoxy) is 1. The van der Waals surface area contributed by atoms with E-state index in [-0.39, 0.29) is 29.8 Å². The summed E-state index contributed by atoms with van der Waals surface area (Å²) < 4.78 is 31.9. The van der Waals surface area contributed by atoms with Gasteiger partial charge in [-0.3, -0.25) is 4.79 Å². The number of hydrogen-bond donors (Lipinski definition) is 1. The highest BCUT2D eigenvalue weighted by Gasteiger charge is 2.33. The summed E-state index contributed by atoms with van der Waals surface area (Å²) in [6, 6.07) is 13.8. The predicted octanol–water partition coefficient (Wildman–Crippen LogP) is 2.15. The minimum Gasteiger partial charge on any atom is -0.497 e. The highest BCUT2D eigenvalue weighted by molar-refractivity contribution is 7.99. The van der Waals surface area contributed by atoms with Gasteiger partial charge in [-0.05, 0) is 24.3 Å². The second kappa shape index (κ2) is 8.05. The highest BCUT2D eigenvalue weighted by atomic mass is 32.2. The Morgan fingerprint density at radius 2 is 2.00 bits per heavy atom. The van der Waals surface area contributed by atoms with Crippen LogP contribution in [0.1, 0.15) is 0 Å². The summed E-state index contributed by atoms with van der Waals surface area (Å²) in [6.07, 6.45) is 0. The van der Waals surface area contributed by atoms with Gasteiger partial charge in [0.1, 0.15) is 5.75 Å². The lowest BCUT2D eigenvalue weighted by Crippen LogP contribution is -2.34. The van der Waals surface area contributed by atoms with Gasteiger partial charge in [0.15, 0.2) is 5.16 Å². The minimum atomic E-state index is -3.59. The van der Waals surface area contributed by atoms with Crippen LogP contribution in [-0.4, -0.2) is 66.1 Å². The summed E-state index contributed by atoms with van der Waals surface area (Å²) in [6.45, 7) is 0.731. The van der Waals surface area contributed by atoms with Crippen molar-refractivity contribution in [1.29, 1.82) is 0 Å². The zero-order chi connectivity index (χ0) is 20.4. The van der Waals surface area contributed by atoms with Crippen molar-refractivity contribution in [2.45, 2.75) is 10.1 Å². The summed E-state index contributed by atoms with van der Waals surface area (Å²) in [5, 5.41) is 0.634. The van der Waals surface area contributed by atoms with Crippen LogP contribution in [0, 0.1) is 0 Å². The normalized spacial score (nSPS) is 15.1. The molecule has 0 atom stereocenters. The van der Waals surface area contributed by atoms with Gasteiger partial charge in [-0.15, -0.1) is 0 Å². The van der Waals surface area contributed by atoms with Crippen LogP contribution >= 0.6 is 11.8 Å². The van der Waals surface area contributed by atoms with Gasteiger partial charge in [-0.2, -0.15) is 4.31 Å². The fraction of sp³-hybridized carbons (Fsp3) is 0.263. The largest absolute Gasteiger partial charge is 0.497 e. The number of hydrogen-bond acceptors (Lipinski definition) is 6. The summed E-state index contributed by atoms with van der Waals surface area (Å²) in [4.78, 5) is 22.0. The lowest BCUT2D eigenvalue weighted by molar-refractivity contribution is -0.127. The van der Waals surface area contributed by atoms with Crippen LogP contribution in [0.5, 0.6) is 5.75 Å². The number of nitrogens with one attached hydrogen (secondary N) is 1. The Hall–Kier alpha value is -2.56. The molecule has 3 aromatic rings. The SMILES string of the molecule is COc1ccc2nc(SCC(=O)N3CCN(S(=O)(=O)c4ccccc4)C3)[nH]c2c1. The average molecular weight is 433 g/mol. The smallest absolute Gasteiger partial charge is 0.244 e. The van der Waals surface area contributed by atoms with E-state index in [1.54, 1.807) is 42.3 Å². The molecule has 29 heavy (non-hydrogen) atoms. The molecule has 1 saturated heterocycles. The quantitative estimate of drug-likeness (QED) is 0.600. The molecule has 8 nitrogen and oxygen atoms in total. The summed E-state index contributed by atoms with van der Waals surface area (Å²) in [5.74, 6) is 0.778. The maximum absolute atomic E-state index is 12.7. The Bertz CT molecular complexity index is 1130. The van der Waals surface area contributed by atoms with Gasteiger partial charge in [0.2, 0.25) is 15.9 Å². The number of aromatic nitrogens is 2. The molecule has 152 valence electrons. The Morgan fingerprint density at radius 3 is 2.76 bits per heavy atom. The average Bonchev–Trinajstić information content (AvgIpc) is 3.39. The summed E-state index contributed by atoms with van der Waals surface area (Å²) in [7, 11) is -1.99. The summed E-state index contributed by atoms with van der Waals surface area (Å²) in [5.41, 5.74) is 1.63. The summed E-state index contributed by atoms with van der Waals surface area (Å²) >= 11 is 1.29. The van der Waals surface area contributed by atoms with E-state index in [9.17, 15) is 13.2 Å². The van der Waals surface area contributed by atoms with E-state index >= 15 is 0 Å². The van der Waals surface area contributed by atoms with E-state index in [0.29, 0.717) is 11.7 Å². The third-order valence-corrected chi connectivity index (χ3v) is 7.38. The van der Waals surface area contributed by atoms with Crippen molar-refractivity contribution in [3.63, 3.8) is 0 Å². The Morgan fingerprint density at radius 1 is 1.21 bits per heavy atom. The second-order valence-corrected chi connectivity index (χ2v) is 9.41. The minimum absolute atomic E-state index is 0.0634. The third kappa shape index (κ3) is 4.09. The number of carbonyl (C=O) groups excluding carboxylic acids is 1. The Balaban J connectivity index is 1.37. The molecule has 4 rings (SSSR count). The molecular formula is C19H20N4O4S2. The number of fused-ring (bicyclic) bond motifs is 1. The van der Waals surface area contributed by atoms with Crippen LogP contribution in [0.25, 0.3) is 11.0 Å². The van der Waals surface area contributed by atoms with Crippen LogP contribution in [0.4, 0.5) is 0 Å². The number of imidazole rings is 1.